The Morgan fingerprint density at radius 2 is 1.95 bits per heavy atom. The van der Waals surface area contributed by atoms with Crippen LogP contribution in [0.4, 0.5) is 0 Å². The highest BCUT2D eigenvalue weighted by atomic mass is 32.2. The lowest BCUT2D eigenvalue weighted by Crippen LogP contribution is -2.49. The van der Waals surface area contributed by atoms with E-state index in [2.05, 4.69) is 0 Å². The molecule has 1 saturated carbocycles. The largest absolute Gasteiger partial charge is 0.480 e. The first-order valence-corrected chi connectivity index (χ1v) is 8.61. The van der Waals surface area contributed by atoms with Crippen molar-refractivity contribution in [3.05, 3.63) is 0 Å². The van der Waals surface area contributed by atoms with Gasteiger partial charge in [0.15, 0.2) is 0 Å². The van der Waals surface area contributed by atoms with Crippen LogP contribution in [0, 0.1) is 5.92 Å². The molecule has 20 heavy (non-hydrogen) atoms. The lowest BCUT2D eigenvalue weighted by atomic mass is 10.2. The number of carboxylic acid groups (broad SMARTS) is 1. The second-order valence-electron chi connectivity index (χ2n) is 5.59. The zero-order valence-electron chi connectivity index (χ0n) is 11.5. The van der Waals surface area contributed by atoms with Gasteiger partial charge >= 0.3 is 5.97 Å². The molecule has 1 unspecified atom stereocenters. The van der Waals surface area contributed by atoms with Crippen molar-refractivity contribution in [3.8, 4) is 0 Å². The predicted octanol–water partition coefficient (Wildman–Crippen LogP) is -0.266. The van der Waals surface area contributed by atoms with Gasteiger partial charge in [-0.3, -0.25) is 9.59 Å². The Morgan fingerprint density at radius 3 is 2.45 bits per heavy atom. The Labute approximate surface area is 118 Å². The summed E-state index contributed by atoms with van der Waals surface area (Å²) in [6.07, 6.45) is 4.19. The van der Waals surface area contributed by atoms with Crippen LogP contribution in [-0.2, 0) is 19.6 Å². The normalized spacial score (nSPS) is 23.8. The van der Waals surface area contributed by atoms with Gasteiger partial charge in [-0.25, -0.2) is 8.42 Å². The number of nitrogens with zero attached hydrogens (tertiary/aromatic N) is 2. The first kappa shape index (κ1) is 15.2. The first-order chi connectivity index (χ1) is 9.29. The van der Waals surface area contributed by atoms with E-state index in [1.54, 1.807) is 0 Å². The molecule has 114 valence electrons. The highest BCUT2D eigenvalue weighted by Crippen LogP contribution is 2.31. The lowest BCUT2D eigenvalue weighted by molar-refractivity contribution is -0.146. The van der Waals surface area contributed by atoms with E-state index in [-0.39, 0.29) is 12.5 Å². The van der Waals surface area contributed by atoms with Crippen LogP contribution in [0.15, 0.2) is 0 Å². The predicted molar refractivity (Wildman–Crippen MR) is 71.5 cm³/mol. The fraction of sp³-hybridized carbons (Fsp3) is 0.833. The summed E-state index contributed by atoms with van der Waals surface area (Å²) in [7, 11) is -3.43. The third-order valence-corrected chi connectivity index (χ3v) is 5.02. The number of hydrogen-bond acceptors (Lipinski definition) is 4. The van der Waals surface area contributed by atoms with Gasteiger partial charge < -0.3 is 10.0 Å². The third-order valence-electron chi connectivity index (χ3n) is 3.73. The van der Waals surface area contributed by atoms with E-state index in [1.165, 1.54) is 9.21 Å². The second-order valence-corrected chi connectivity index (χ2v) is 7.52. The Bertz CT molecular complexity index is 500. The maximum absolute atomic E-state index is 12.5. The summed E-state index contributed by atoms with van der Waals surface area (Å²) in [6.45, 7) is 0.391. The number of carboxylic acids is 1. The fourth-order valence-electron chi connectivity index (χ4n) is 2.60. The lowest BCUT2D eigenvalue weighted by Gasteiger charge is -2.28. The maximum atomic E-state index is 12.5. The van der Waals surface area contributed by atoms with Gasteiger partial charge in [0.2, 0.25) is 15.9 Å². The molecule has 7 nitrogen and oxygen atoms in total. The summed E-state index contributed by atoms with van der Waals surface area (Å²) in [5, 5.41) is 8.91. The van der Waals surface area contributed by atoms with Crippen LogP contribution in [0.1, 0.15) is 25.7 Å². The van der Waals surface area contributed by atoms with Gasteiger partial charge in [-0.2, -0.15) is 4.31 Å². The average molecular weight is 304 g/mol. The van der Waals surface area contributed by atoms with Crippen molar-refractivity contribution in [2.75, 3.05) is 25.9 Å². The standard InChI is InChI=1S/C12H20N2O5S/c1-20(18,19)14-6-2-3-10(14)12(17)13(8-11(15)16)7-9-4-5-9/h9-10H,2-8H2,1H3,(H,15,16). The van der Waals surface area contributed by atoms with Crippen molar-refractivity contribution in [1.82, 2.24) is 9.21 Å². The van der Waals surface area contributed by atoms with Crippen LogP contribution in [0.2, 0.25) is 0 Å². The Morgan fingerprint density at radius 1 is 1.30 bits per heavy atom. The smallest absolute Gasteiger partial charge is 0.323 e. The van der Waals surface area contributed by atoms with Crippen molar-refractivity contribution >= 4 is 21.9 Å². The van der Waals surface area contributed by atoms with Gasteiger partial charge in [0.05, 0.1) is 6.26 Å². The minimum atomic E-state index is -3.43. The van der Waals surface area contributed by atoms with Crippen molar-refractivity contribution in [1.29, 1.82) is 0 Å². The highest BCUT2D eigenvalue weighted by Gasteiger charge is 2.40. The van der Waals surface area contributed by atoms with E-state index >= 15 is 0 Å². The molecule has 1 N–H and O–H groups in total. The number of sulfonamides is 1. The quantitative estimate of drug-likeness (QED) is 0.729. The van der Waals surface area contributed by atoms with Gasteiger partial charge in [0.25, 0.3) is 0 Å². The van der Waals surface area contributed by atoms with Crippen molar-refractivity contribution in [3.63, 3.8) is 0 Å². The topological polar surface area (TPSA) is 95.0 Å². The van der Waals surface area contributed by atoms with Crippen LogP contribution in [0.25, 0.3) is 0 Å². The zero-order valence-corrected chi connectivity index (χ0v) is 12.3. The molecule has 0 aromatic rings. The molecule has 1 aliphatic carbocycles. The molecule has 1 atom stereocenters. The van der Waals surface area contributed by atoms with Crippen LogP contribution in [0.3, 0.4) is 0 Å². The molecule has 2 rings (SSSR count). The number of carbonyl (C=O) groups excluding carboxylic acids is 1. The van der Waals surface area contributed by atoms with Gasteiger partial charge in [0.1, 0.15) is 12.6 Å². The Balaban J connectivity index is 2.10. The molecule has 0 spiro atoms. The van der Waals surface area contributed by atoms with Crippen LogP contribution < -0.4 is 0 Å². The molecule has 2 aliphatic rings. The fourth-order valence-corrected chi connectivity index (χ4v) is 3.72. The van der Waals surface area contributed by atoms with Gasteiger partial charge in [0, 0.05) is 13.1 Å². The molecule has 2 fully saturated rings. The molecule has 1 saturated heterocycles. The molecular weight excluding hydrogens is 284 g/mol. The molecule has 8 heteroatoms. The first-order valence-electron chi connectivity index (χ1n) is 6.76. The zero-order chi connectivity index (χ0) is 14.9. The average Bonchev–Trinajstić information content (AvgIpc) is 2.98. The SMILES string of the molecule is CS(=O)(=O)N1CCCC1C(=O)N(CC(=O)O)CC1CC1. The number of aliphatic carboxylic acids is 1. The van der Waals surface area contributed by atoms with Crippen molar-refractivity contribution in [2.24, 2.45) is 5.92 Å². The van der Waals surface area contributed by atoms with E-state index in [0.717, 1.165) is 19.1 Å². The molecule has 1 amide bonds. The van der Waals surface area contributed by atoms with Crippen LogP contribution >= 0.6 is 0 Å². The molecule has 0 bridgehead atoms. The van der Waals surface area contributed by atoms with Crippen molar-refractivity contribution in [2.45, 2.75) is 31.7 Å². The number of hydrogen-bond donors (Lipinski definition) is 1. The van der Waals surface area contributed by atoms with E-state index < -0.39 is 22.0 Å². The Hall–Kier alpha value is -1.15. The summed E-state index contributed by atoms with van der Waals surface area (Å²) < 4.78 is 24.5. The van der Waals surface area contributed by atoms with E-state index in [0.29, 0.717) is 31.8 Å². The summed E-state index contributed by atoms with van der Waals surface area (Å²) in [5.41, 5.74) is 0. The number of amides is 1. The van der Waals surface area contributed by atoms with Gasteiger partial charge in [-0.05, 0) is 31.6 Å². The molecule has 1 heterocycles. The second kappa shape index (κ2) is 5.69. The number of rotatable bonds is 6. The van der Waals surface area contributed by atoms with Gasteiger partial charge in [-0.15, -0.1) is 0 Å². The monoisotopic (exact) mass is 304 g/mol. The van der Waals surface area contributed by atoms with E-state index in [1.807, 2.05) is 0 Å². The Kier molecular flexibility index (Phi) is 4.33. The molecule has 0 radical (unpaired) electrons. The minimum Gasteiger partial charge on any atom is -0.480 e. The number of carbonyl (C=O) groups is 2. The highest BCUT2D eigenvalue weighted by molar-refractivity contribution is 7.88. The minimum absolute atomic E-state index is 0.333. The molecular formula is C12H20N2O5S. The molecule has 0 aromatic heterocycles. The summed E-state index contributed by atoms with van der Waals surface area (Å²) in [5.74, 6) is -1.07. The maximum Gasteiger partial charge on any atom is 0.323 e. The third kappa shape index (κ3) is 3.69. The molecule has 0 aromatic carbocycles. The molecule has 1 aliphatic heterocycles. The van der Waals surface area contributed by atoms with Crippen molar-refractivity contribution < 1.29 is 23.1 Å². The summed E-state index contributed by atoms with van der Waals surface area (Å²) in [4.78, 5) is 24.6. The van der Waals surface area contributed by atoms with E-state index in [9.17, 15) is 18.0 Å². The van der Waals surface area contributed by atoms with Crippen LogP contribution in [0.5, 0.6) is 0 Å². The summed E-state index contributed by atoms with van der Waals surface area (Å²) >= 11 is 0. The van der Waals surface area contributed by atoms with Gasteiger partial charge in [-0.1, -0.05) is 0 Å². The van der Waals surface area contributed by atoms with E-state index in [4.69, 9.17) is 5.11 Å². The van der Waals surface area contributed by atoms with Crippen LogP contribution in [-0.4, -0.2) is 66.5 Å². The summed E-state index contributed by atoms with van der Waals surface area (Å²) in [6, 6.07) is -0.733.